The number of amides is 1. The molecule has 196 valence electrons. The standard InChI is InChI=1S/C27H25ClN4O6/c1-2-36-27(35)21-14-20-24(29-22-7-3-4-12-31(22)26(20)34)32(15-19-6-5-13-37-19)25(21)30-23(33)16-38-18-10-8-17(28)9-11-18/h3-4,7-12,14,19H,2,5-6,13,15-16H2,1H3/t19-/m1/s1. The fraction of sp³-hybridized carbons (Fsp3) is 0.296. The highest BCUT2D eigenvalue weighted by molar-refractivity contribution is 6.30. The van der Waals surface area contributed by atoms with Gasteiger partial charge >= 0.3 is 5.97 Å². The van der Waals surface area contributed by atoms with Gasteiger partial charge < -0.3 is 18.8 Å². The molecule has 38 heavy (non-hydrogen) atoms. The lowest BCUT2D eigenvalue weighted by Gasteiger charge is -2.18. The van der Waals surface area contributed by atoms with Gasteiger partial charge in [0.15, 0.2) is 12.1 Å². The Kier molecular flexibility index (Phi) is 7.52. The smallest absolute Gasteiger partial charge is 0.341 e. The summed E-state index contributed by atoms with van der Waals surface area (Å²) in [5.74, 6) is -0.905. The first kappa shape index (κ1) is 25.6. The number of fused-ring (bicyclic) bond motifs is 2. The molecule has 0 bridgehead atoms. The minimum absolute atomic E-state index is 0.0213. The molecule has 4 aromatic rings. The van der Waals surface area contributed by atoms with Crippen molar-refractivity contribution in [1.29, 1.82) is 0 Å². The average molecular weight is 537 g/mol. The highest BCUT2D eigenvalue weighted by Crippen LogP contribution is 2.18. The van der Waals surface area contributed by atoms with Gasteiger partial charge in [-0.2, -0.15) is 4.99 Å². The number of hydrogen-bond donors (Lipinski definition) is 0. The van der Waals surface area contributed by atoms with Crippen molar-refractivity contribution >= 4 is 40.2 Å². The second-order valence-corrected chi connectivity index (χ2v) is 9.12. The first-order chi connectivity index (χ1) is 18.4. The molecule has 3 aromatic heterocycles. The Morgan fingerprint density at radius 1 is 1.21 bits per heavy atom. The number of carbonyl (C=O) groups excluding carboxylic acids is 2. The van der Waals surface area contributed by atoms with Gasteiger partial charge in [0.25, 0.3) is 11.5 Å². The molecule has 1 aromatic carbocycles. The second-order valence-electron chi connectivity index (χ2n) is 8.68. The van der Waals surface area contributed by atoms with E-state index in [2.05, 4.69) is 4.99 Å². The summed E-state index contributed by atoms with van der Waals surface area (Å²) < 4.78 is 19.7. The highest BCUT2D eigenvalue weighted by Gasteiger charge is 2.23. The fourth-order valence-electron chi connectivity index (χ4n) is 4.35. The molecule has 0 saturated carbocycles. The normalized spacial score (nSPS) is 15.7. The molecule has 1 fully saturated rings. The van der Waals surface area contributed by atoms with Crippen molar-refractivity contribution in [3.05, 3.63) is 81.2 Å². The maximum Gasteiger partial charge on any atom is 0.341 e. The summed E-state index contributed by atoms with van der Waals surface area (Å²) in [6.07, 6.45) is 3.05. The van der Waals surface area contributed by atoms with E-state index in [1.54, 1.807) is 60.2 Å². The third-order valence-corrected chi connectivity index (χ3v) is 6.35. The van der Waals surface area contributed by atoms with E-state index in [-0.39, 0.29) is 53.5 Å². The van der Waals surface area contributed by atoms with Crippen molar-refractivity contribution in [3.63, 3.8) is 0 Å². The van der Waals surface area contributed by atoms with Crippen molar-refractivity contribution < 1.29 is 23.8 Å². The van der Waals surface area contributed by atoms with Crippen LogP contribution in [-0.2, 0) is 20.8 Å². The van der Waals surface area contributed by atoms with Crippen molar-refractivity contribution in [2.75, 3.05) is 19.8 Å². The number of halogens is 1. The highest BCUT2D eigenvalue weighted by atomic mass is 35.5. The zero-order valence-electron chi connectivity index (χ0n) is 20.6. The number of carbonyl (C=O) groups is 2. The molecule has 1 aliphatic rings. The van der Waals surface area contributed by atoms with Gasteiger partial charge in [-0.25, -0.2) is 9.78 Å². The number of nitrogens with zero attached hydrogens (tertiary/aromatic N) is 4. The molecule has 0 unspecified atom stereocenters. The first-order valence-corrected chi connectivity index (χ1v) is 12.6. The van der Waals surface area contributed by atoms with E-state index in [0.717, 1.165) is 12.8 Å². The average Bonchev–Trinajstić information content (AvgIpc) is 3.43. The molecule has 1 aliphatic heterocycles. The molecular formula is C27H25ClN4O6. The van der Waals surface area contributed by atoms with Crippen LogP contribution in [0, 0.1) is 0 Å². The number of esters is 1. The third-order valence-electron chi connectivity index (χ3n) is 6.10. The van der Waals surface area contributed by atoms with Crippen LogP contribution in [0.3, 0.4) is 0 Å². The van der Waals surface area contributed by atoms with E-state index in [1.807, 2.05) is 0 Å². The Balaban J connectivity index is 1.70. The molecule has 0 N–H and O–H groups in total. The Bertz CT molecular complexity index is 1640. The van der Waals surface area contributed by atoms with Gasteiger partial charge in [0.05, 0.1) is 24.6 Å². The van der Waals surface area contributed by atoms with Crippen molar-refractivity contribution in [2.24, 2.45) is 4.99 Å². The van der Waals surface area contributed by atoms with Gasteiger partial charge in [0.2, 0.25) is 0 Å². The lowest BCUT2D eigenvalue weighted by Crippen LogP contribution is -2.35. The molecule has 0 aliphatic carbocycles. The van der Waals surface area contributed by atoms with E-state index >= 15 is 0 Å². The van der Waals surface area contributed by atoms with Gasteiger partial charge in [0.1, 0.15) is 22.6 Å². The summed E-state index contributed by atoms with van der Waals surface area (Å²) in [6.45, 7) is 2.23. The summed E-state index contributed by atoms with van der Waals surface area (Å²) in [5.41, 5.74) is 0.352. The molecule has 0 radical (unpaired) electrons. The number of rotatable bonds is 7. The quantitative estimate of drug-likeness (QED) is 0.263. The number of aromatic nitrogens is 3. The van der Waals surface area contributed by atoms with Crippen LogP contribution in [0.1, 0.15) is 30.1 Å². The van der Waals surface area contributed by atoms with Crippen LogP contribution in [0.25, 0.3) is 16.7 Å². The number of hydrogen-bond acceptors (Lipinski definition) is 7. The molecule has 1 saturated heterocycles. The maximum atomic E-state index is 13.4. The molecule has 1 amide bonds. The van der Waals surface area contributed by atoms with Crippen LogP contribution in [0.5, 0.6) is 5.75 Å². The van der Waals surface area contributed by atoms with Crippen LogP contribution in [0.15, 0.2) is 64.5 Å². The molecule has 10 nitrogen and oxygen atoms in total. The number of ether oxygens (including phenoxy) is 3. The van der Waals surface area contributed by atoms with Gasteiger partial charge in [-0.1, -0.05) is 17.7 Å². The van der Waals surface area contributed by atoms with E-state index in [9.17, 15) is 14.4 Å². The Morgan fingerprint density at radius 2 is 2.03 bits per heavy atom. The minimum Gasteiger partial charge on any atom is -0.484 e. The topological polar surface area (TPSA) is 113 Å². The number of pyridine rings is 2. The fourth-order valence-corrected chi connectivity index (χ4v) is 4.47. The van der Waals surface area contributed by atoms with Crippen LogP contribution in [0.4, 0.5) is 0 Å². The van der Waals surface area contributed by atoms with Crippen molar-refractivity contribution in [2.45, 2.75) is 32.4 Å². The summed E-state index contributed by atoms with van der Waals surface area (Å²) in [7, 11) is 0. The lowest BCUT2D eigenvalue weighted by molar-refractivity contribution is -0.120. The summed E-state index contributed by atoms with van der Waals surface area (Å²) >= 11 is 5.91. The lowest BCUT2D eigenvalue weighted by atomic mass is 10.2. The monoisotopic (exact) mass is 536 g/mol. The van der Waals surface area contributed by atoms with E-state index in [1.165, 1.54) is 10.5 Å². The summed E-state index contributed by atoms with van der Waals surface area (Å²) in [6, 6.07) is 13.1. The Morgan fingerprint density at radius 3 is 2.76 bits per heavy atom. The molecule has 11 heteroatoms. The summed E-state index contributed by atoms with van der Waals surface area (Å²) in [5, 5.41) is 0.730. The Labute approximate surface area is 222 Å². The second kappa shape index (κ2) is 11.2. The van der Waals surface area contributed by atoms with Gasteiger partial charge in [-0.15, -0.1) is 0 Å². The van der Waals surface area contributed by atoms with E-state index in [0.29, 0.717) is 23.0 Å². The van der Waals surface area contributed by atoms with Gasteiger partial charge in [0, 0.05) is 17.8 Å². The first-order valence-electron chi connectivity index (χ1n) is 12.2. The molecule has 4 heterocycles. The van der Waals surface area contributed by atoms with Crippen LogP contribution in [0.2, 0.25) is 5.02 Å². The van der Waals surface area contributed by atoms with Crippen molar-refractivity contribution in [1.82, 2.24) is 14.0 Å². The maximum absolute atomic E-state index is 13.4. The van der Waals surface area contributed by atoms with Crippen molar-refractivity contribution in [3.8, 4) is 5.75 Å². The molecule has 0 spiro atoms. The zero-order chi connectivity index (χ0) is 26.6. The molecule has 1 atom stereocenters. The van der Waals surface area contributed by atoms with Crippen LogP contribution in [-0.4, -0.2) is 51.8 Å². The Hall–Kier alpha value is -4.02. The van der Waals surface area contributed by atoms with Crippen LogP contribution < -0.4 is 15.8 Å². The predicted octanol–water partition coefficient (Wildman–Crippen LogP) is 3.16. The minimum atomic E-state index is -0.710. The number of benzene rings is 1. The van der Waals surface area contributed by atoms with Crippen LogP contribution >= 0.6 is 11.6 Å². The zero-order valence-corrected chi connectivity index (χ0v) is 21.4. The van der Waals surface area contributed by atoms with E-state index in [4.69, 9.17) is 30.8 Å². The predicted molar refractivity (Wildman–Crippen MR) is 139 cm³/mol. The third kappa shape index (κ3) is 5.32. The molecule has 5 rings (SSSR count). The summed E-state index contributed by atoms with van der Waals surface area (Å²) in [4.78, 5) is 48.4. The van der Waals surface area contributed by atoms with Gasteiger partial charge in [-0.05, 0) is 62.2 Å². The van der Waals surface area contributed by atoms with E-state index < -0.39 is 11.9 Å². The van der Waals surface area contributed by atoms with Gasteiger partial charge in [-0.3, -0.25) is 14.0 Å². The largest absolute Gasteiger partial charge is 0.484 e. The molecular weight excluding hydrogens is 512 g/mol. The SMILES string of the molecule is CCOC(=O)c1cc2c(=O)n3ccccc3nc2n(C[C@H]2CCCO2)c1=NC(=O)COc1ccc(Cl)cc1.